The molecule has 1 fully saturated rings. The normalized spacial score (nSPS) is 20.1. The Morgan fingerprint density at radius 3 is 2.36 bits per heavy atom. The third-order valence-corrected chi connectivity index (χ3v) is 6.25. The zero-order chi connectivity index (χ0) is 16.8. The van der Waals surface area contributed by atoms with Gasteiger partial charge in [0.05, 0.1) is 10.5 Å². The van der Waals surface area contributed by atoms with Crippen LogP contribution in [0.15, 0.2) is 23.1 Å². The van der Waals surface area contributed by atoms with E-state index in [9.17, 15) is 21.6 Å². The van der Waals surface area contributed by atoms with Crippen molar-refractivity contribution in [3.8, 4) is 0 Å². The van der Waals surface area contributed by atoms with Crippen molar-refractivity contribution in [3.05, 3.63) is 29.3 Å². The number of benzene rings is 1. The van der Waals surface area contributed by atoms with Crippen molar-refractivity contribution in [3.63, 3.8) is 0 Å². The number of piperidine rings is 1. The second-order valence-electron chi connectivity index (χ2n) is 6.34. The topological polar surface area (TPSA) is 37.4 Å². The molecular formula is C15H20F3NO2S. The standard InChI is InChI=1S/C15H20F3NO2S/c1-11-6-7-13(12(10-11)15(16,17)18)22(20,21)19-9-5-4-8-14(19,2)3/h6-7,10H,4-5,8-9H2,1-3H3. The number of hydrogen-bond acceptors (Lipinski definition) is 2. The van der Waals surface area contributed by atoms with E-state index in [-0.39, 0.29) is 6.54 Å². The summed E-state index contributed by atoms with van der Waals surface area (Å²) in [7, 11) is -4.19. The molecule has 1 aliphatic rings. The lowest BCUT2D eigenvalue weighted by molar-refractivity contribution is -0.140. The quantitative estimate of drug-likeness (QED) is 0.820. The second kappa shape index (κ2) is 5.53. The molecule has 1 heterocycles. The van der Waals surface area contributed by atoms with E-state index in [1.54, 1.807) is 13.8 Å². The smallest absolute Gasteiger partial charge is 0.207 e. The lowest BCUT2D eigenvalue weighted by atomic mass is 9.93. The summed E-state index contributed by atoms with van der Waals surface area (Å²) in [5.74, 6) is 0. The highest BCUT2D eigenvalue weighted by molar-refractivity contribution is 7.89. The van der Waals surface area contributed by atoms with Gasteiger partial charge in [0.25, 0.3) is 0 Å². The van der Waals surface area contributed by atoms with Gasteiger partial charge in [0.2, 0.25) is 10.0 Å². The van der Waals surface area contributed by atoms with Gasteiger partial charge < -0.3 is 0 Å². The van der Waals surface area contributed by atoms with E-state index in [0.717, 1.165) is 18.6 Å². The molecule has 1 aliphatic heterocycles. The van der Waals surface area contributed by atoms with E-state index in [2.05, 4.69) is 0 Å². The van der Waals surface area contributed by atoms with E-state index < -0.39 is 32.2 Å². The summed E-state index contributed by atoms with van der Waals surface area (Å²) in [5, 5.41) is 0. The Labute approximate surface area is 129 Å². The first kappa shape index (κ1) is 17.3. The molecule has 0 saturated carbocycles. The van der Waals surface area contributed by atoms with Crippen LogP contribution in [0.25, 0.3) is 0 Å². The van der Waals surface area contributed by atoms with E-state index in [0.29, 0.717) is 18.4 Å². The minimum absolute atomic E-state index is 0.251. The Bertz CT molecular complexity index is 666. The van der Waals surface area contributed by atoms with Gasteiger partial charge in [0.1, 0.15) is 0 Å². The number of rotatable bonds is 2. The average Bonchev–Trinajstić information content (AvgIpc) is 2.36. The first-order valence-corrected chi connectivity index (χ1v) is 8.61. The van der Waals surface area contributed by atoms with Crippen molar-refractivity contribution < 1.29 is 21.6 Å². The maximum absolute atomic E-state index is 13.2. The van der Waals surface area contributed by atoms with Crippen LogP contribution in [0, 0.1) is 6.92 Å². The molecule has 0 spiro atoms. The Morgan fingerprint density at radius 2 is 1.82 bits per heavy atom. The summed E-state index contributed by atoms with van der Waals surface area (Å²) in [6, 6.07) is 3.36. The van der Waals surface area contributed by atoms with Gasteiger partial charge in [0, 0.05) is 12.1 Å². The van der Waals surface area contributed by atoms with Crippen LogP contribution in [0.3, 0.4) is 0 Å². The molecule has 0 radical (unpaired) electrons. The number of halogens is 3. The van der Waals surface area contributed by atoms with Crippen LogP contribution in [-0.4, -0.2) is 24.8 Å². The Kier molecular flexibility index (Phi) is 4.34. The van der Waals surface area contributed by atoms with Crippen molar-refractivity contribution in [2.45, 2.75) is 56.6 Å². The molecule has 0 unspecified atom stereocenters. The van der Waals surface area contributed by atoms with Crippen molar-refractivity contribution >= 4 is 10.0 Å². The minimum atomic E-state index is -4.70. The monoisotopic (exact) mass is 335 g/mol. The van der Waals surface area contributed by atoms with Crippen LogP contribution in [-0.2, 0) is 16.2 Å². The predicted octanol–water partition coefficient (Wildman–Crippen LogP) is 3.97. The van der Waals surface area contributed by atoms with Crippen LogP contribution in [0.5, 0.6) is 0 Å². The highest BCUT2D eigenvalue weighted by Gasteiger charge is 2.43. The molecule has 2 rings (SSSR count). The molecule has 0 bridgehead atoms. The van der Waals surface area contributed by atoms with Crippen LogP contribution in [0.1, 0.15) is 44.2 Å². The maximum atomic E-state index is 13.2. The Hall–Kier alpha value is -1.08. The van der Waals surface area contributed by atoms with Crippen LogP contribution in [0.2, 0.25) is 0 Å². The van der Waals surface area contributed by atoms with Gasteiger partial charge in [-0.2, -0.15) is 17.5 Å². The van der Waals surface area contributed by atoms with E-state index in [1.165, 1.54) is 17.3 Å². The number of alkyl halides is 3. The molecule has 0 aromatic heterocycles. The molecule has 1 aromatic rings. The Morgan fingerprint density at radius 1 is 1.18 bits per heavy atom. The molecule has 0 N–H and O–H groups in total. The number of hydrogen-bond donors (Lipinski definition) is 0. The lowest BCUT2D eigenvalue weighted by Crippen LogP contribution is -2.50. The molecule has 1 saturated heterocycles. The fourth-order valence-electron chi connectivity index (χ4n) is 2.89. The molecule has 3 nitrogen and oxygen atoms in total. The van der Waals surface area contributed by atoms with Crippen molar-refractivity contribution in [2.75, 3.05) is 6.54 Å². The van der Waals surface area contributed by atoms with Crippen LogP contribution in [0.4, 0.5) is 13.2 Å². The summed E-state index contributed by atoms with van der Waals surface area (Å²) >= 11 is 0. The van der Waals surface area contributed by atoms with Gasteiger partial charge >= 0.3 is 6.18 Å². The van der Waals surface area contributed by atoms with Gasteiger partial charge in [-0.15, -0.1) is 0 Å². The number of sulfonamides is 1. The first-order valence-electron chi connectivity index (χ1n) is 7.17. The highest BCUT2D eigenvalue weighted by atomic mass is 32.2. The fourth-order valence-corrected chi connectivity index (χ4v) is 4.94. The third-order valence-electron chi connectivity index (χ3n) is 4.08. The largest absolute Gasteiger partial charge is 0.417 e. The maximum Gasteiger partial charge on any atom is 0.417 e. The van der Waals surface area contributed by atoms with Gasteiger partial charge in [-0.05, 0) is 45.7 Å². The molecule has 1 aromatic carbocycles. The Balaban J connectivity index is 2.60. The van der Waals surface area contributed by atoms with Gasteiger partial charge in [-0.3, -0.25) is 0 Å². The van der Waals surface area contributed by atoms with Crippen LogP contribution >= 0.6 is 0 Å². The summed E-state index contributed by atoms with van der Waals surface area (Å²) in [6.07, 6.45) is -2.53. The van der Waals surface area contributed by atoms with Gasteiger partial charge in [-0.1, -0.05) is 18.1 Å². The molecule has 124 valence electrons. The van der Waals surface area contributed by atoms with Gasteiger partial charge in [-0.25, -0.2) is 8.42 Å². The van der Waals surface area contributed by atoms with Crippen LogP contribution < -0.4 is 0 Å². The summed E-state index contributed by atoms with van der Waals surface area (Å²) in [5.41, 5.74) is -1.39. The SMILES string of the molecule is Cc1ccc(S(=O)(=O)N2CCCCC2(C)C)c(C(F)(F)F)c1. The summed E-state index contributed by atoms with van der Waals surface area (Å²) < 4.78 is 66.5. The van der Waals surface area contributed by atoms with E-state index >= 15 is 0 Å². The zero-order valence-electron chi connectivity index (χ0n) is 12.9. The molecule has 7 heteroatoms. The molecule has 0 aliphatic carbocycles. The zero-order valence-corrected chi connectivity index (χ0v) is 13.7. The van der Waals surface area contributed by atoms with Gasteiger partial charge in [0.15, 0.2) is 0 Å². The highest BCUT2D eigenvalue weighted by Crippen LogP contribution is 2.39. The van der Waals surface area contributed by atoms with Crippen molar-refractivity contribution in [1.82, 2.24) is 4.31 Å². The molecule has 22 heavy (non-hydrogen) atoms. The molecule has 0 atom stereocenters. The first-order chi connectivity index (χ1) is 9.96. The molecule has 0 amide bonds. The van der Waals surface area contributed by atoms with E-state index in [1.807, 2.05) is 0 Å². The summed E-state index contributed by atoms with van der Waals surface area (Å²) in [6.45, 7) is 5.27. The van der Waals surface area contributed by atoms with Crippen molar-refractivity contribution in [1.29, 1.82) is 0 Å². The van der Waals surface area contributed by atoms with E-state index in [4.69, 9.17) is 0 Å². The lowest BCUT2D eigenvalue weighted by Gasteiger charge is -2.41. The fraction of sp³-hybridized carbons (Fsp3) is 0.600. The predicted molar refractivity (Wildman–Crippen MR) is 78.0 cm³/mol. The minimum Gasteiger partial charge on any atom is -0.207 e. The number of nitrogens with zero attached hydrogens (tertiary/aromatic N) is 1. The number of aryl methyl sites for hydroxylation is 1. The third kappa shape index (κ3) is 3.15. The van der Waals surface area contributed by atoms with Crippen molar-refractivity contribution in [2.24, 2.45) is 0 Å². The average molecular weight is 335 g/mol. The molecular weight excluding hydrogens is 315 g/mol. The summed E-state index contributed by atoms with van der Waals surface area (Å²) in [4.78, 5) is -0.652. The second-order valence-corrected chi connectivity index (χ2v) is 8.17.